The third-order valence-corrected chi connectivity index (χ3v) is 7.87. The van der Waals surface area contributed by atoms with Crippen molar-refractivity contribution in [1.82, 2.24) is 0 Å². The van der Waals surface area contributed by atoms with Crippen LogP contribution in [0.25, 0.3) is 10.8 Å². The second kappa shape index (κ2) is 16.3. The fraction of sp³-hybridized carbons (Fsp3) is 0.667. The van der Waals surface area contributed by atoms with Gasteiger partial charge in [-0.15, -0.1) is 0 Å². The number of fused-ring (bicyclic) bond motifs is 1. The van der Waals surface area contributed by atoms with Crippen LogP contribution < -0.4 is 0 Å². The highest BCUT2D eigenvalue weighted by Gasteiger charge is 2.15. The summed E-state index contributed by atoms with van der Waals surface area (Å²) in [6, 6.07) is 9.71. The van der Waals surface area contributed by atoms with Gasteiger partial charge in [0.1, 0.15) is 0 Å². The van der Waals surface area contributed by atoms with Gasteiger partial charge in [0.05, 0.1) is 4.90 Å². The Morgan fingerprint density at radius 3 is 1.56 bits per heavy atom. The summed E-state index contributed by atoms with van der Waals surface area (Å²) in [5.41, 5.74) is 2.25. The lowest BCUT2D eigenvalue weighted by molar-refractivity contribution is 0.483. The average Bonchev–Trinajstić information content (AvgIpc) is 2.81. The Morgan fingerprint density at radius 2 is 1.06 bits per heavy atom. The van der Waals surface area contributed by atoms with E-state index in [1.54, 1.807) is 12.1 Å². The Hall–Kier alpha value is -1.39. The van der Waals surface area contributed by atoms with Crippen LogP contribution in [0.15, 0.2) is 35.2 Å². The van der Waals surface area contributed by atoms with Crippen LogP contribution in [-0.4, -0.2) is 13.0 Å². The van der Waals surface area contributed by atoms with E-state index in [2.05, 4.69) is 32.0 Å². The molecule has 0 unspecified atom stereocenters. The van der Waals surface area contributed by atoms with E-state index in [1.165, 1.54) is 95.5 Å². The molecule has 2 aromatic rings. The number of rotatable bonds is 19. The van der Waals surface area contributed by atoms with Gasteiger partial charge >= 0.3 is 0 Å². The first-order valence-electron chi connectivity index (χ1n) is 14.0. The molecule has 4 heteroatoms. The molecular formula is C30H48O3S. The smallest absolute Gasteiger partial charge is 0.282 e. The first kappa shape index (κ1) is 28.8. The van der Waals surface area contributed by atoms with E-state index in [1.807, 2.05) is 0 Å². The molecule has 0 amide bonds. The summed E-state index contributed by atoms with van der Waals surface area (Å²) >= 11 is 0. The Kier molecular flexibility index (Phi) is 13.8. The van der Waals surface area contributed by atoms with Crippen molar-refractivity contribution < 1.29 is 13.0 Å². The monoisotopic (exact) mass is 488 g/mol. The van der Waals surface area contributed by atoms with Crippen molar-refractivity contribution >= 4 is 20.9 Å². The molecule has 2 aromatic carbocycles. The van der Waals surface area contributed by atoms with Crippen molar-refractivity contribution in [3.05, 3.63) is 41.5 Å². The van der Waals surface area contributed by atoms with Crippen LogP contribution >= 0.6 is 0 Å². The quantitative estimate of drug-likeness (QED) is 0.158. The molecular weight excluding hydrogens is 440 g/mol. The molecule has 0 aliphatic rings. The minimum Gasteiger partial charge on any atom is -0.282 e. The highest BCUT2D eigenvalue weighted by Crippen LogP contribution is 2.29. The first-order valence-corrected chi connectivity index (χ1v) is 15.4. The summed E-state index contributed by atoms with van der Waals surface area (Å²) in [6.45, 7) is 4.49. The molecule has 0 fully saturated rings. The highest BCUT2D eigenvalue weighted by atomic mass is 32.2. The SMILES string of the molecule is CCCCCCCCCCc1cc(S(=O)(=O)O)cc2c(CCCCCCCCCC)cccc12. The third-order valence-electron chi connectivity index (χ3n) is 7.04. The van der Waals surface area contributed by atoms with Crippen LogP contribution in [0.5, 0.6) is 0 Å². The molecule has 34 heavy (non-hydrogen) atoms. The Labute approximate surface area is 209 Å². The number of aryl methyl sites for hydroxylation is 2. The molecule has 2 rings (SSSR count). The van der Waals surface area contributed by atoms with Gasteiger partial charge < -0.3 is 0 Å². The van der Waals surface area contributed by atoms with Crippen LogP contribution in [-0.2, 0) is 23.0 Å². The molecule has 3 nitrogen and oxygen atoms in total. The van der Waals surface area contributed by atoms with Gasteiger partial charge in [-0.2, -0.15) is 8.42 Å². The largest absolute Gasteiger partial charge is 0.294 e. The van der Waals surface area contributed by atoms with Gasteiger partial charge in [-0.05, 0) is 59.7 Å². The average molecular weight is 489 g/mol. The van der Waals surface area contributed by atoms with Gasteiger partial charge in [0.25, 0.3) is 10.1 Å². The Morgan fingerprint density at radius 1 is 0.588 bits per heavy atom. The number of hydrogen-bond donors (Lipinski definition) is 1. The number of hydrogen-bond acceptors (Lipinski definition) is 2. The van der Waals surface area contributed by atoms with Crippen molar-refractivity contribution in [2.24, 2.45) is 0 Å². The van der Waals surface area contributed by atoms with Gasteiger partial charge in [0.2, 0.25) is 0 Å². The predicted molar refractivity (Wildman–Crippen MR) is 146 cm³/mol. The fourth-order valence-electron chi connectivity index (χ4n) is 4.97. The van der Waals surface area contributed by atoms with Gasteiger partial charge in [-0.1, -0.05) is 122 Å². The van der Waals surface area contributed by atoms with E-state index < -0.39 is 10.1 Å². The zero-order valence-electron chi connectivity index (χ0n) is 21.8. The zero-order valence-corrected chi connectivity index (χ0v) is 22.6. The van der Waals surface area contributed by atoms with Crippen LogP contribution in [0.1, 0.15) is 128 Å². The molecule has 0 saturated heterocycles. The zero-order chi connectivity index (χ0) is 24.7. The first-order chi connectivity index (χ1) is 16.5. The highest BCUT2D eigenvalue weighted by molar-refractivity contribution is 7.85. The molecule has 0 saturated carbocycles. The maximum Gasteiger partial charge on any atom is 0.294 e. The molecule has 192 valence electrons. The molecule has 0 bridgehead atoms. The van der Waals surface area contributed by atoms with E-state index in [9.17, 15) is 13.0 Å². The summed E-state index contributed by atoms with van der Waals surface area (Å²) in [5.74, 6) is 0. The maximum atomic E-state index is 12.0. The molecule has 0 heterocycles. The number of unbranched alkanes of at least 4 members (excludes halogenated alkanes) is 14. The van der Waals surface area contributed by atoms with E-state index in [0.717, 1.165) is 42.0 Å². The molecule has 0 radical (unpaired) electrons. The van der Waals surface area contributed by atoms with E-state index >= 15 is 0 Å². The van der Waals surface area contributed by atoms with Crippen LogP contribution in [0.3, 0.4) is 0 Å². The van der Waals surface area contributed by atoms with Gasteiger partial charge in [0.15, 0.2) is 0 Å². The summed E-state index contributed by atoms with van der Waals surface area (Å²) in [4.78, 5) is 0.0398. The molecule has 0 atom stereocenters. The Bertz CT molecular complexity index is 933. The maximum absolute atomic E-state index is 12.0. The van der Waals surface area contributed by atoms with Crippen molar-refractivity contribution in [3.63, 3.8) is 0 Å². The molecule has 1 N–H and O–H groups in total. The van der Waals surface area contributed by atoms with Gasteiger partial charge in [0, 0.05) is 0 Å². The third kappa shape index (κ3) is 10.5. The Balaban J connectivity index is 2.00. The summed E-state index contributed by atoms with van der Waals surface area (Å²) in [7, 11) is -4.22. The van der Waals surface area contributed by atoms with Crippen molar-refractivity contribution in [2.45, 2.75) is 134 Å². The lowest BCUT2D eigenvalue weighted by atomic mass is 9.94. The lowest BCUT2D eigenvalue weighted by Crippen LogP contribution is -2.01. The predicted octanol–water partition coefficient (Wildman–Crippen LogP) is 9.45. The molecule has 0 aliphatic carbocycles. The summed E-state index contributed by atoms with van der Waals surface area (Å²) in [5, 5.41) is 2.14. The van der Waals surface area contributed by atoms with Gasteiger partial charge in [-0.25, -0.2) is 0 Å². The van der Waals surface area contributed by atoms with Crippen LogP contribution in [0, 0.1) is 0 Å². The summed E-state index contributed by atoms with van der Waals surface area (Å²) < 4.78 is 33.8. The lowest BCUT2D eigenvalue weighted by Gasteiger charge is -2.13. The van der Waals surface area contributed by atoms with E-state index in [-0.39, 0.29) is 4.90 Å². The fourth-order valence-corrected chi connectivity index (χ4v) is 5.53. The van der Waals surface area contributed by atoms with E-state index in [0.29, 0.717) is 0 Å². The van der Waals surface area contributed by atoms with Crippen molar-refractivity contribution in [1.29, 1.82) is 0 Å². The molecule has 0 aliphatic heterocycles. The second-order valence-corrected chi connectivity index (χ2v) is 11.4. The van der Waals surface area contributed by atoms with E-state index in [4.69, 9.17) is 0 Å². The van der Waals surface area contributed by atoms with Crippen LogP contribution in [0.4, 0.5) is 0 Å². The molecule has 0 aromatic heterocycles. The van der Waals surface area contributed by atoms with Crippen molar-refractivity contribution in [2.75, 3.05) is 0 Å². The second-order valence-electron chi connectivity index (χ2n) is 10.0. The van der Waals surface area contributed by atoms with Gasteiger partial charge in [-0.3, -0.25) is 4.55 Å². The minimum atomic E-state index is -4.22. The standard InChI is InChI=1S/C30H48O3S/c1-3-5-7-9-11-13-15-17-20-26-22-19-23-29-27(21-18-16-14-12-10-8-6-4-2)24-28(25-30(26)29)34(31,32)33/h19,22-25H,3-18,20-21H2,1-2H3,(H,31,32,33). The minimum absolute atomic E-state index is 0.0398. The normalized spacial score (nSPS) is 12.0. The van der Waals surface area contributed by atoms with Crippen molar-refractivity contribution in [3.8, 4) is 0 Å². The number of benzene rings is 2. The molecule has 0 spiro atoms. The van der Waals surface area contributed by atoms with Crippen LogP contribution in [0.2, 0.25) is 0 Å². The topological polar surface area (TPSA) is 54.4 Å². The summed E-state index contributed by atoms with van der Waals surface area (Å²) in [6.07, 6.45) is 22.0.